The van der Waals surface area contributed by atoms with E-state index in [-0.39, 0.29) is 23.5 Å². The SMILES string of the molecule is N[C@@H]1CC(N2Cc3cn(S(=O)(=O)C4CC4)nc3C2)COC1c1cc(F)c(F)cc1F. The van der Waals surface area contributed by atoms with E-state index in [0.29, 0.717) is 44.1 Å². The van der Waals surface area contributed by atoms with E-state index in [4.69, 9.17) is 10.5 Å². The van der Waals surface area contributed by atoms with Crippen LogP contribution in [0.3, 0.4) is 0 Å². The van der Waals surface area contributed by atoms with Crippen molar-refractivity contribution in [1.82, 2.24) is 14.1 Å². The largest absolute Gasteiger partial charge is 0.370 e. The van der Waals surface area contributed by atoms with Gasteiger partial charge in [-0.25, -0.2) is 21.6 Å². The highest BCUT2D eigenvalue weighted by Gasteiger charge is 2.40. The molecule has 2 N–H and O–H groups in total. The van der Waals surface area contributed by atoms with E-state index < -0.39 is 39.6 Å². The zero-order chi connectivity index (χ0) is 21.2. The number of benzene rings is 1. The van der Waals surface area contributed by atoms with Gasteiger partial charge in [-0.3, -0.25) is 4.90 Å². The number of nitrogens with two attached hydrogens (primary N) is 1. The quantitative estimate of drug-likeness (QED) is 0.727. The van der Waals surface area contributed by atoms with Gasteiger partial charge in [-0.1, -0.05) is 0 Å². The van der Waals surface area contributed by atoms with Crippen molar-refractivity contribution >= 4 is 10.0 Å². The molecule has 7 nitrogen and oxygen atoms in total. The molecule has 2 unspecified atom stereocenters. The Morgan fingerprint density at radius 2 is 1.83 bits per heavy atom. The maximum absolute atomic E-state index is 14.1. The molecule has 5 rings (SSSR count). The van der Waals surface area contributed by atoms with Crippen LogP contribution in [0.5, 0.6) is 0 Å². The number of nitrogens with zero attached hydrogens (tertiary/aromatic N) is 3. The molecular weight excluding hydrogens is 421 g/mol. The van der Waals surface area contributed by atoms with Crippen molar-refractivity contribution < 1.29 is 26.3 Å². The van der Waals surface area contributed by atoms with Crippen LogP contribution in [0.15, 0.2) is 18.3 Å². The van der Waals surface area contributed by atoms with Gasteiger partial charge in [-0.2, -0.15) is 9.19 Å². The van der Waals surface area contributed by atoms with Crippen molar-refractivity contribution in [1.29, 1.82) is 0 Å². The van der Waals surface area contributed by atoms with Crippen LogP contribution in [0, 0.1) is 17.5 Å². The number of hydrogen-bond acceptors (Lipinski definition) is 6. The van der Waals surface area contributed by atoms with Crippen LogP contribution in [0.25, 0.3) is 0 Å². The minimum atomic E-state index is -3.39. The predicted molar refractivity (Wildman–Crippen MR) is 100 cm³/mol. The Hall–Kier alpha value is -1.95. The second-order valence-corrected chi connectivity index (χ2v) is 10.3. The van der Waals surface area contributed by atoms with Crippen molar-refractivity contribution in [3.8, 4) is 0 Å². The minimum absolute atomic E-state index is 0.0766. The van der Waals surface area contributed by atoms with E-state index in [1.807, 2.05) is 0 Å². The Morgan fingerprint density at radius 3 is 2.50 bits per heavy atom. The summed E-state index contributed by atoms with van der Waals surface area (Å²) in [6, 6.07) is 0.614. The molecule has 0 spiro atoms. The van der Waals surface area contributed by atoms with Gasteiger partial charge in [-0.15, -0.1) is 0 Å². The van der Waals surface area contributed by atoms with E-state index in [9.17, 15) is 21.6 Å². The van der Waals surface area contributed by atoms with Crippen LogP contribution in [0.2, 0.25) is 0 Å². The highest BCUT2D eigenvalue weighted by atomic mass is 32.2. The molecule has 2 aliphatic heterocycles. The molecular formula is C19H21F3N4O3S. The third-order valence-electron chi connectivity index (χ3n) is 6.05. The van der Waals surface area contributed by atoms with Crippen LogP contribution in [0.4, 0.5) is 13.2 Å². The third kappa shape index (κ3) is 3.33. The van der Waals surface area contributed by atoms with Gasteiger partial charge in [-0.05, 0) is 25.3 Å². The third-order valence-corrected chi connectivity index (χ3v) is 8.08. The predicted octanol–water partition coefficient (Wildman–Crippen LogP) is 1.81. The summed E-state index contributed by atoms with van der Waals surface area (Å²) in [5.41, 5.74) is 7.66. The van der Waals surface area contributed by atoms with E-state index in [1.165, 1.54) is 0 Å². The molecule has 1 aromatic carbocycles. The summed E-state index contributed by atoms with van der Waals surface area (Å²) in [7, 11) is -3.39. The minimum Gasteiger partial charge on any atom is -0.370 e. The van der Waals surface area contributed by atoms with Crippen LogP contribution in [-0.4, -0.2) is 46.4 Å². The standard InChI is InChI=1S/C19H21F3N4O3S/c20-14-5-16(22)15(21)4-13(14)19-17(23)3-11(9-29-19)25-6-10-7-26(24-18(10)8-25)30(27,28)12-1-2-12/h4-5,7,11-12,17,19H,1-3,6,8-9,23H2/t11?,17-,19?/m1/s1. The summed E-state index contributed by atoms with van der Waals surface area (Å²) >= 11 is 0. The maximum Gasteiger partial charge on any atom is 0.256 e. The summed E-state index contributed by atoms with van der Waals surface area (Å²) in [6.07, 6.45) is 2.53. The van der Waals surface area contributed by atoms with E-state index in [0.717, 1.165) is 15.7 Å². The molecule has 30 heavy (non-hydrogen) atoms. The van der Waals surface area contributed by atoms with E-state index in [1.54, 1.807) is 6.20 Å². The summed E-state index contributed by atoms with van der Waals surface area (Å²) in [5, 5.41) is 3.94. The van der Waals surface area contributed by atoms with Crippen LogP contribution < -0.4 is 5.73 Å². The number of halogens is 3. The highest BCUT2D eigenvalue weighted by Crippen LogP contribution is 2.35. The van der Waals surface area contributed by atoms with Crippen molar-refractivity contribution in [2.75, 3.05) is 6.61 Å². The number of fused-ring (bicyclic) bond motifs is 1. The molecule has 1 aliphatic carbocycles. The summed E-state index contributed by atoms with van der Waals surface area (Å²) in [4.78, 5) is 2.09. The zero-order valence-corrected chi connectivity index (χ0v) is 16.8. The molecule has 3 heterocycles. The lowest BCUT2D eigenvalue weighted by atomic mass is 9.93. The monoisotopic (exact) mass is 442 g/mol. The highest BCUT2D eigenvalue weighted by molar-refractivity contribution is 7.90. The number of rotatable bonds is 4. The fraction of sp³-hybridized carbons (Fsp3) is 0.526. The Balaban J connectivity index is 1.26. The second-order valence-electron chi connectivity index (χ2n) is 8.22. The van der Waals surface area contributed by atoms with Gasteiger partial charge in [0.1, 0.15) is 11.9 Å². The molecule has 1 aromatic heterocycles. The van der Waals surface area contributed by atoms with Gasteiger partial charge in [0, 0.05) is 48.6 Å². The Bertz CT molecular complexity index is 1080. The van der Waals surface area contributed by atoms with Crippen molar-refractivity contribution in [2.45, 2.75) is 55.8 Å². The molecule has 0 bridgehead atoms. The van der Waals surface area contributed by atoms with Gasteiger partial charge in [0.05, 0.1) is 17.6 Å². The van der Waals surface area contributed by atoms with Gasteiger partial charge < -0.3 is 10.5 Å². The lowest BCUT2D eigenvalue weighted by Gasteiger charge is -2.38. The average molecular weight is 442 g/mol. The molecule has 2 aromatic rings. The van der Waals surface area contributed by atoms with Crippen molar-refractivity contribution in [2.24, 2.45) is 5.73 Å². The first-order valence-corrected chi connectivity index (χ1v) is 11.3. The number of hydrogen-bond donors (Lipinski definition) is 1. The average Bonchev–Trinajstić information content (AvgIpc) is 3.36. The first-order valence-electron chi connectivity index (χ1n) is 9.81. The normalized spacial score (nSPS) is 27.4. The van der Waals surface area contributed by atoms with Gasteiger partial charge in [0.25, 0.3) is 10.0 Å². The van der Waals surface area contributed by atoms with Crippen LogP contribution in [-0.2, 0) is 27.8 Å². The molecule has 3 aliphatic rings. The molecule has 0 amide bonds. The summed E-state index contributed by atoms with van der Waals surface area (Å²) in [5.74, 6) is -3.29. The van der Waals surface area contributed by atoms with E-state index in [2.05, 4.69) is 10.00 Å². The van der Waals surface area contributed by atoms with E-state index >= 15 is 0 Å². The first-order chi connectivity index (χ1) is 14.2. The molecule has 2 fully saturated rings. The summed E-state index contributed by atoms with van der Waals surface area (Å²) in [6.45, 7) is 1.22. The molecule has 3 atom stereocenters. The molecule has 0 radical (unpaired) electrons. The lowest BCUT2D eigenvalue weighted by molar-refractivity contribution is -0.0533. The molecule has 162 valence electrons. The van der Waals surface area contributed by atoms with Crippen molar-refractivity contribution in [3.63, 3.8) is 0 Å². The van der Waals surface area contributed by atoms with Crippen LogP contribution >= 0.6 is 0 Å². The fourth-order valence-electron chi connectivity index (χ4n) is 4.23. The molecule has 1 saturated heterocycles. The van der Waals surface area contributed by atoms with Gasteiger partial charge in [0.2, 0.25) is 0 Å². The van der Waals surface area contributed by atoms with Gasteiger partial charge in [0.15, 0.2) is 11.6 Å². The summed E-state index contributed by atoms with van der Waals surface area (Å²) < 4.78 is 72.4. The Kier molecular flexibility index (Phi) is 4.69. The number of aromatic nitrogens is 2. The smallest absolute Gasteiger partial charge is 0.256 e. The first kappa shape index (κ1) is 20.0. The molecule has 11 heteroatoms. The zero-order valence-electron chi connectivity index (χ0n) is 16.0. The maximum atomic E-state index is 14.1. The fourth-order valence-corrected chi connectivity index (χ4v) is 5.76. The number of ether oxygens (including phenoxy) is 1. The Labute approximate surface area is 171 Å². The molecule has 1 saturated carbocycles. The van der Waals surface area contributed by atoms with Crippen molar-refractivity contribution in [3.05, 3.63) is 52.6 Å². The Morgan fingerprint density at radius 1 is 1.10 bits per heavy atom. The lowest BCUT2D eigenvalue weighted by Crippen LogP contribution is -2.47. The van der Waals surface area contributed by atoms with Gasteiger partial charge >= 0.3 is 0 Å². The van der Waals surface area contributed by atoms with Crippen LogP contribution in [0.1, 0.15) is 42.2 Å². The topological polar surface area (TPSA) is 90.5 Å². The second kappa shape index (κ2) is 7.04.